The Balaban J connectivity index is 0.000000115. The first kappa shape index (κ1) is 55.6. The molecule has 0 radical (unpaired) electrons. The molecule has 89 heavy (non-hydrogen) atoms. The van der Waals surface area contributed by atoms with Crippen molar-refractivity contribution in [2.45, 2.75) is 78.6 Å². The fourth-order valence-corrected chi connectivity index (χ4v) is 14.7. The second kappa shape index (κ2) is 21.4. The van der Waals surface area contributed by atoms with E-state index in [1.807, 2.05) is 11.3 Å². The molecule has 17 aromatic rings. The van der Waals surface area contributed by atoms with Crippen molar-refractivity contribution in [1.29, 1.82) is 0 Å². The van der Waals surface area contributed by atoms with Crippen LogP contribution < -0.4 is 0 Å². The number of hydrogen-bond donors (Lipinski definition) is 0. The molecule has 17 rings (SSSR count). The molecule has 0 spiro atoms. The van der Waals surface area contributed by atoms with Crippen molar-refractivity contribution < 1.29 is 0 Å². The van der Waals surface area contributed by atoms with E-state index in [2.05, 4.69) is 354 Å². The predicted octanol–water partition coefficient (Wildman–Crippen LogP) is 23.7. The van der Waals surface area contributed by atoms with Gasteiger partial charge in [0.25, 0.3) is 0 Å². The van der Waals surface area contributed by atoms with Crippen molar-refractivity contribution in [2.24, 2.45) is 0 Å². The van der Waals surface area contributed by atoms with Crippen LogP contribution >= 0.6 is 11.3 Å². The molecule has 0 bridgehead atoms. The van der Waals surface area contributed by atoms with Crippen molar-refractivity contribution in [3.05, 3.63) is 290 Å². The fourth-order valence-electron chi connectivity index (χ4n) is 13.5. The first-order chi connectivity index (χ1) is 43.1. The highest BCUT2D eigenvalue weighted by Crippen LogP contribution is 2.43. The highest BCUT2D eigenvalue weighted by molar-refractivity contribution is 7.25. The van der Waals surface area contributed by atoms with Gasteiger partial charge in [0.05, 0.1) is 44.1 Å². The van der Waals surface area contributed by atoms with Gasteiger partial charge in [-0.2, -0.15) is 0 Å². The Labute approximate surface area is 524 Å². The van der Waals surface area contributed by atoms with Gasteiger partial charge in [0.1, 0.15) is 0 Å². The van der Waals surface area contributed by atoms with Gasteiger partial charge in [-0.25, -0.2) is 0 Å². The molecule has 5 heterocycles. The molecule has 434 valence electrons. The van der Waals surface area contributed by atoms with Gasteiger partial charge >= 0.3 is 0 Å². The zero-order chi connectivity index (χ0) is 60.9. The number of nitrogens with zero attached hydrogens (tertiary/aromatic N) is 4. The fraction of sp³-hybridized carbons (Fsp3) is 0.143. The highest BCUT2D eigenvalue weighted by atomic mass is 32.1. The maximum absolute atomic E-state index is 2.42. The molecule has 0 aliphatic heterocycles. The van der Waals surface area contributed by atoms with Gasteiger partial charge in [0.2, 0.25) is 0 Å². The molecular weight excluding hydrogens is 1100 g/mol. The van der Waals surface area contributed by atoms with Gasteiger partial charge in [-0.1, -0.05) is 220 Å². The number of rotatable bonds is 4. The Morgan fingerprint density at radius 2 is 0.506 bits per heavy atom. The van der Waals surface area contributed by atoms with E-state index >= 15 is 0 Å². The minimum Gasteiger partial charge on any atom is -0.309 e. The van der Waals surface area contributed by atoms with Crippen molar-refractivity contribution in [3.63, 3.8) is 0 Å². The van der Waals surface area contributed by atoms with E-state index < -0.39 is 0 Å². The second-order valence-corrected chi connectivity index (χ2v) is 28.1. The first-order valence-corrected chi connectivity index (χ1v) is 32.1. The number of benzene rings is 12. The number of fused-ring (bicyclic) bond motifs is 15. The quantitative estimate of drug-likeness (QED) is 0.167. The van der Waals surface area contributed by atoms with E-state index in [4.69, 9.17) is 0 Å². The standard InChI is InChI=1S/C34H28N2.C28H23NS.C22H21N/c1-34(2,3)23-17-19-25(20-18-23)36-31-16-10-8-14-27(31)29-21-28-26-13-7-9-15-30(26)35(32(28)22-33(29)36)24-11-5-4-6-12-24;1-28(2,3)18-12-14-19(15-13-18)29-24-10-6-4-8-20(24)22-16-23-21-9-5-7-11-26(21)30-27(23)17-25(22)29;1-22(2,3)16-13-14-21-19(15-16)18-11-7-8-12-20(18)23(21)17-9-5-4-6-10-17/h4-22H,1-3H3;4-17H,1-3H3;4-15H,1-3H3. The molecule has 0 saturated carbocycles. The van der Waals surface area contributed by atoms with Crippen molar-refractivity contribution in [3.8, 4) is 22.7 Å². The van der Waals surface area contributed by atoms with Gasteiger partial charge in [-0.05, 0) is 148 Å². The molecule has 0 fully saturated rings. The van der Waals surface area contributed by atoms with E-state index in [9.17, 15) is 0 Å². The van der Waals surface area contributed by atoms with Crippen LogP contribution in [0.3, 0.4) is 0 Å². The summed E-state index contributed by atoms with van der Waals surface area (Å²) in [6.45, 7) is 20.4. The van der Waals surface area contributed by atoms with Gasteiger partial charge < -0.3 is 18.3 Å². The average molecular weight is 1170 g/mol. The van der Waals surface area contributed by atoms with Gasteiger partial charge in [-0.3, -0.25) is 0 Å². The normalized spacial score (nSPS) is 12.3. The van der Waals surface area contributed by atoms with E-state index in [1.165, 1.54) is 147 Å². The van der Waals surface area contributed by atoms with E-state index in [-0.39, 0.29) is 16.2 Å². The van der Waals surface area contributed by atoms with Crippen LogP contribution in [0.15, 0.2) is 273 Å². The summed E-state index contributed by atoms with van der Waals surface area (Å²) in [6, 6.07) is 99.6. The Kier molecular flexibility index (Phi) is 13.4. The largest absolute Gasteiger partial charge is 0.309 e. The van der Waals surface area contributed by atoms with Crippen LogP contribution in [0.4, 0.5) is 0 Å². The molecule has 5 aromatic heterocycles. The number of hydrogen-bond acceptors (Lipinski definition) is 1. The summed E-state index contributed by atoms with van der Waals surface area (Å²) >= 11 is 1.88. The minimum atomic E-state index is 0.127. The van der Waals surface area contributed by atoms with Gasteiger partial charge in [-0.15, -0.1) is 11.3 Å². The van der Waals surface area contributed by atoms with E-state index in [1.54, 1.807) is 0 Å². The molecule has 4 nitrogen and oxygen atoms in total. The average Bonchev–Trinajstić information content (AvgIpc) is 1.59. The lowest BCUT2D eigenvalue weighted by atomic mass is 9.86. The topological polar surface area (TPSA) is 19.7 Å². The third-order valence-corrected chi connectivity index (χ3v) is 19.3. The molecule has 0 N–H and O–H groups in total. The SMILES string of the molecule is CC(C)(C)c1ccc(-n2c3ccccc3c3cc4c(cc32)sc2ccccc24)cc1.CC(C)(C)c1ccc(-n2c3ccccc3c3cc4c5ccccc5n(-c5ccccc5)c4cc32)cc1.CC(C)(C)c1ccc2c(c1)c1ccccc1n2-c1ccccc1. The summed E-state index contributed by atoms with van der Waals surface area (Å²) in [5.41, 5.74) is 19.3. The lowest BCUT2D eigenvalue weighted by Crippen LogP contribution is -2.10. The number of para-hydroxylation sites is 6. The summed E-state index contributed by atoms with van der Waals surface area (Å²) in [6.07, 6.45) is 0. The molecule has 0 unspecified atom stereocenters. The Morgan fingerprint density at radius 3 is 0.921 bits per heavy atom. The Bertz CT molecular complexity index is 5510. The van der Waals surface area contributed by atoms with Crippen LogP contribution in [0.2, 0.25) is 0 Å². The predicted molar refractivity (Wildman–Crippen MR) is 386 cm³/mol. The molecule has 12 aromatic carbocycles. The minimum absolute atomic E-state index is 0.127. The first-order valence-electron chi connectivity index (χ1n) is 31.2. The smallest absolute Gasteiger partial charge is 0.0562 e. The Morgan fingerprint density at radius 1 is 0.202 bits per heavy atom. The van der Waals surface area contributed by atoms with Gasteiger partial charge in [0, 0.05) is 86.0 Å². The zero-order valence-corrected chi connectivity index (χ0v) is 53.0. The molecular formula is C84H72N4S. The monoisotopic (exact) mass is 1170 g/mol. The maximum atomic E-state index is 2.42. The summed E-state index contributed by atoms with van der Waals surface area (Å²) in [5.74, 6) is 0. The van der Waals surface area contributed by atoms with Crippen molar-refractivity contribution in [1.82, 2.24) is 18.3 Å². The van der Waals surface area contributed by atoms with Crippen LogP contribution in [-0.4, -0.2) is 18.3 Å². The molecule has 0 atom stereocenters. The molecule has 0 aliphatic carbocycles. The van der Waals surface area contributed by atoms with E-state index in [0.29, 0.717) is 0 Å². The lowest BCUT2D eigenvalue weighted by Gasteiger charge is -2.19. The van der Waals surface area contributed by atoms with Crippen LogP contribution in [-0.2, 0) is 16.2 Å². The van der Waals surface area contributed by atoms with Gasteiger partial charge in [0.15, 0.2) is 0 Å². The number of thiophene rings is 1. The second-order valence-electron chi connectivity index (χ2n) is 27.0. The van der Waals surface area contributed by atoms with Crippen LogP contribution in [0.1, 0.15) is 79.0 Å². The summed E-state index contributed by atoms with van der Waals surface area (Å²) < 4.78 is 12.3. The van der Waals surface area contributed by atoms with E-state index in [0.717, 1.165) is 0 Å². The summed E-state index contributed by atoms with van der Waals surface area (Å²) in [5, 5.41) is 13.1. The van der Waals surface area contributed by atoms with Crippen molar-refractivity contribution in [2.75, 3.05) is 0 Å². The van der Waals surface area contributed by atoms with Crippen molar-refractivity contribution >= 4 is 119 Å². The lowest BCUT2D eigenvalue weighted by molar-refractivity contribution is 0.590. The maximum Gasteiger partial charge on any atom is 0.0562 e. The molecule has 5 heteroatoms. The third-order valence-electron chi connectivity index (χ3n) is 18.2. The summed E-state index contributed by atoms with van der Waals surface area (Å²) in [7, 11) is 0. The molecule has 0 saturated heterocycles. The van der Waals surface area contributed by atoms with Crippen LogP contribution in [0.25, 0.3) is 130 Å². The third kappa shape index (κ3) is 9.67. The number of aromatic nitrogens is 4. The molecule has 0 amide bonds. The zero-order valence-electron chi connectivity index (χ0n) is 52.2. The van der Waals surface area contributed by atoms with Crippen LogP contribution in [0.5, 0.6) is 0 Å². The highest BCUT2D eigenvalue weighted by Gasteiger charge is 2.22. The van der Waals surface area contributed by atoms with Crippen LogP contribution in [0, 0.1) is 0 Å². The summed E-state index contributed by atoms with van der Waals surface area (Å²) in [4.78, 5) is 0. The molecule has 0 aliphatic rings. The Hall–Kier alpha value is -9.94.